The highest BCUT2D eigenvalue weighted by molar-refractivity contribution is 6.35. The third-order valence-electron chi connectivity index (χ3n) is 4.11. The van der Waals surface area contributed by atoms with E-state index in [4.69, 9.17) is 28.0 Å². The predicted molar refractivity (Wildman–Crippen MR) is 92.9 cm³/mol. The lowest BCUT2D eigenvalue weighted by Gasteiger charge is -2.15. The SMILES string of the molecule is CC1(C(=O)O)CC(c2cc(-c3ncc(C(F)(F)F)cc3Cl)c(F)cc2Cl)=NO1. The highest BCUT2D eigenvalue weighted by Gasteiger charge is 2.43. The lowest BCUT2D eigenvalue weighted by molar-refractivity contribution is -0.160. The van der Waals surface area contributed by atoms with Crippen LogP contribution in [0.25, 0.3) is 11.3 Å². The molecule has 0 radical (unpaired) electrons. The molecule has 1 aliphatic rings. The molecule has 0 amide bonds. The molecule has 0 bridgehead atoms. The minimum atomic E-state index is -4.66. The molecule has 1 aliphatic heterocycles. The second-order valence-corrected chi connectivity index (χ2v) is 7.02. The first-order valence-electron chi connectivity index (χ1n) is 7.63. The Hall–Kier alpha value is -2.39. The van der Waals surface area contributed by atoms with Crippen molar-refractivity contribution < 1.29 is 32.3 Å². The van der Waals surface area contributed by atoms with Crippen LogP contribution in [0.3, 0.4) is 0 Å². The summed E-state index contributed by atoms with van der Waals surface area (Å²) < 4.78 is 52.7. The van der Waals surface area contributed by atoms with Crippen LogP contribution in [-0.2, 0) is 15.8 Å². The van der Waals surface area contributed by atoms with Crippen molar-refractivity contribution in [2.75, 3.05) is 0 Å². The normalized spacial score (nSPS) is 19.3. The Morgan fingerprint density at radius 1 is 1.21 bits per heavy atom. The smallest absolute Gasteiger partial charge is 0.417 e. The van der Waals surface area contributed by atoms with Gasteiger partial charge in [-0.05, 0) is 25.1 Å². The lowest BCUT2D eigenvalue weighted by atomic mass is 9.94. The van der Waals surface area contributed by atoms with Gasteiger partial charge in [-0.25, -0.2) is 9.18 Å². The van der Waals surface area contributed by atoms with Gasteiger partial charge in [-0.2, -0.15) is 13.2 Å². The molecule has 0 saturated heterocycles. The Labute approximate surface area is 165 Å². The first kappa shape index (κ1) is 20.3. The van der Waals surface area contributed by atoms with Crippen LogP contribution in [-0.4, -0.2) is 27.4 Å². The van der Waals surface area contributed by atoms with Gasteiger partial charge in [-0.3, -0.25) is 4.98 Å². The molecule has 2 heterocycles. The van der Waals surface area contributed by atoms with Crippen molar-refractivity contribution in [3.8, 4) is 11.3 Å². The fraction of sp³-hybridized carbons (Fsp3) is 0.235. The van der Waals surface area contributed by atoms with E-state index in [1.54, 1.807) is 0 Å². The van der Waals surface area contributed by atoms with E-state index in [2.05, 4.69) is 10.1 Å². The molecule has 2 aromatic rings. The zero-order chi connectivity index (χ0) is 20.9. The summed E-state index contributed by atoms with van der Waals surface area (Å²) in [5, 5.41) is 12.4. The average Bonchev–Trinajstić information content (AvgIpc) is 2.98. The number of nitrogens with zero attached hydrogens (tertiary/aromatic N) is 2. The fourth-order valence-electron chi connectivity index (χ4n) is 2.54. The Morgan fingerprint density at radius 2 is 1.89 bits per heavy atom. The van der Waals surface area contributed by atoms with Gasteiger partial charge in [0, 0.05) is 23.7 Å². The van der Waals surface area contributed by atoms with Crippen LogP contribution in [0.1, 0.15) is 24.5 Å². The summed E-state index contributed by atoms with van der Waals surface area (Å²) in [6.45, 7) is 1.30. The van der Waals surface area contributed by atoms with E-state index in [0.29, 0.717) is 12.3 Å². The van der Waals surface area contributed by atoms with Gasteiger partial charge in [-0.1, -0.05) is 28.4 Å². The van der Waals surface area contributed by atoms with Crippen LogP contribution in [0, 0.1) is 5.82 Å². The second kappa shape index (κ2) is 6.89. The molecular weight excluding hydrogens is 427 g/mol. The van der Waals surface area contributed by atoms with Crippen LogP contribution < -0.4 is 0 Å². The quantitative estimate of drug-likeness (QED) is 0.672. The predicted octanol–water partition coefficient (Wildman–Crippen LogP) is 5.18. The van der Waals surface area contributed by atoms with Crippen molar-refractivity contribution >= 4 is 34.9 Å². The topological polar surface area (TPSA) is 71.8 Å². The Morgan fingerprint density at radius 3 is 2.43 bits per heavy atom. The van der Waals surface area contributed by atoms with E-state index in [9.17, 15) is 27.5 Å². The number of carbonyl (C=O) groups is 1. The Kier molecular flexibility index (Phi) is 5.01. The third kappa shape index (κ3) is 3.64. The summed E-state index contributed by atoms with van der Waals surface area (Å²) in [6.07, 6.45) is -4.27. The molecule has 11 heteroatoms. The van der Waals surface area contributed by atoms with Gasteiger partial charge in [-0.15, -0.1) is 0 Å². The molecule has 3 rings (SSSR count). The molecule has 28 heavy (non-hydrogen) atoms. The highest BCUT2D eigenvalue weighted by Crippen LogP contribution is 2.37. The first-order valence-corrected chi connectivity index (χ1v) is 8.39. The summed E-state index contributed by atoms with van der Waals surface area (Å²) in [5.41, 5.74) is -2.85. The number of carboxylic acids is 1. The number of carboxylic acid groups (broad SMARTS) is 1. The molecule has 0 aliphatic carbocycles. The summed E-state index contributed by atoms with van der Waals surface area (Å²) in [6, 6.07) is 2.74. The van der Waals surface area contributed by atoms with Crippen molar-refractivity contribution in [1.29, 1.82) is 0 Å². The van der Waals surface area contributed by atoms with Crippen molar-refractivity contribution in [2.45, 2.75) is 25.1 Å². The van der Waals surface area contributed by atoms with Gasteiger partial charge in [0.2, 0.25) is 5.60 Å². The minimum Gasteiger partial charge on any atom is -0.478 e. The zero-order valence-electron chi connectivity index (χ0n) is 13.9. The number of benzene rings is 1. The van der Waals surface area contributed by atoms with Gasteiger partial charge in [0.25, 0.3) is 0 Å². The van der Waals surface area contributed by atoms with E-state index in [1.165, 1.54) is 13.0 Å². The van der Waals surface area contributed by atoms with E-state index in [1.807, 2.05) is 0 Å². The molecule has 5 nitrogen and oxygen atoms in total. The Bertz CT molecular complexity index is 1010. The van der Waals surface area contributed by atoms with Gasteiger partial charge in [0.05, 0.1) is 27.0 Å². The molecule has 148 valence electrons. The summed E-state index contributed by atoms with van der Waals surface area (Å²) in [5.74, 6) is -2.12. The van der Waals surface area contributed by atoms with Crippen molar-refractivity contribution in [2.24, 2.45) is 5.16 Å². The monoisotopic (exact) mass is 436 g/mol. The Balaban J connectivity index is 2.06. The van der Waals surface area contributed by atoms with Crippen LogP contribution in [0.4, 0.5) is 17.6 Å². The van der Waals surface area contributed by atoms with Gasteiger partial charge in [0.1, 0.15) is 5.82 Å². The molecule has 1 atom stereocenters. The van der Waals surface area contributed by atoms with E-state index >= 15 is 0 Å². The number of alkyl halides is 3. The van der Waals surface area contributed by atoms with Crippen molar-refractivity contribution in [1.82, 2.24) is 4.98 Å². The largest absolute Gasteiger partial charge is 0.478 e. The molecular formula is C17H10Cl2F4N2O3. The third-order valence-corrected chi connectivity index (χ3v) is 4.71. The summed E-state index contributed by atoms with van der Waals surface area (Å²) in [4.78, 5) is 19.9. The lowest BCUT2D eigenvalue weighted by Crippen LogP contribution is -2.35. The summed E-state index contributed by atoms with van der Waals surface area (Å²) in [7, 11) is 0. The molecule has 0 saturated carbocycles. The summed E-state index contributed by atoms with van der Waals surface area (Å²) >= 11 is 11.9. The van der Waals surface area contributed by atoms with Crippen molar-refractivity contribution in [3.63, 3.8) is 0 Å². The van der Waals surface area contributed by atoms with Gasteiger partial charge < -0.3 is 9.94 Å². The van der Waals surface area contributed by atoms with Crippen molar-refractivity contribution in [3.05, 3.63) is 51.4 Å². The van der Waals surface area contributed by atoms with E-state index in [0.717, 1.165) is 6.07 Å². The number of rotatable bonds is 3. The van der Waals surface area contributed by atoms with E-state index in [-0.39, 0.29) is 34.0 Å². The number of hydrogen-bond acceptors (Lipinski definition) is 4. The van der Waals surface area contributed by atoms with Crippen LogP contribution in [0.2, 0.25) is 10.0 Å². The molecule has 0 fully saturated rings. The number of aromatic nitrogens is 1. The molecule has 1 unspecified atom stereocenters. The molecule has 0 spiro atoms. The highest BCUT2D eigenvalue weighted by atomic mass is 35.5. The number of oxime groups is 1. The number of aliphatic carboxylic acids is 1. The van der Waals surface area contributed by atoms with Gasteiger partial charge >= 0.3 is 12.1 Å². The number of halogens is 6. The van der Waals surface area contributed by atoms with Crippen LogP contribution in [0.15, 0.2) is 29.6 Å². The average molecular weight is 437 g/mol. The van der Waals surface area contributed by atoms with Gasteiger partial charge in [0.15, 0.2) is 0 Å². The molecule has 1 N–H and O–H groups in total. The maximum Gasteiger partial charge on any atom is 0.417 e. The zero-order valence-corrected chi connectivity index (χ0v) is 15.5. The first-order chi connectivity index (χ1) is 12.9. The number of hydrogen-bond donors (Lipinski definition) is 1. The fourth-order valence-corrected chi connectivity index (χ4v) is 3.07. The molecule has 1 aromatic carbocycles. The standard InChI is InChI=1S/C17H10Cl2F4N2O3/c1-16(15(26)27)5-13(25-28-16)8-3-9(12(20)4-10(8)18)14-11(19)2-7(6-24-14)17(21,22)23/h2-4,6H,5H2,1H3,(H,26,27). The molecule has 1 aromatic heterocycles. The second-order valence-electron chi connectivity index (χ2n) is 6.21. The van der Waals surface area contributed by atoms with E-state index < -0.39 is 34.1 Å². The maximum atomic E-state index is 14.4. The number of pyridine rings is 1. The minimum absolute atomic E-state index is 0.0822. The van der Waals surface area contributed by atoms with Crippen LogP contribution in [0.5, 0.6) is 0 Å². The maximum absolute atomic E-state index is 14.4. The van der Waals surface area contributed by atoms with Crippen LogP contribution >= 0.6 is 23.2 Å².